The Morgan fingerprint density at radius 1 is 0.263 bits per heavy atom. The molecule has 2 N–H and O–H groups in total. The van der Waals surface area contributed by atoms with Crippen molar-refractivity contribution in [2.24, 2.45) is 261 Å². The topological polar surface area (TPSA) is 74.8 Å². The van der Waals surface area contributed by atoms with Gasteiger partial charge in [0, 0.05) is 29.0 Å². The van der Waals surface area contributed by atoms with E-state index in [2.05, 4.69) is 113 Å². The quantitative estimate of drug-likeness (QED) is 0.121. The molecule has 7 heteroatoms. The first-order chi connectivity index (χ1) is 47.0. The fourth-order valence-electron chi connectivity index (χ4n) is 45.7. The van der Waals surface area contributed by atoms with E-state index >= 15 is 0 Å². The van der Waals surface area contributed by atoms with Gasteiger partial charge in [-0.25, -0.2) is 0 Å². The third-order valence-corrected chi connectivity index (χ3v) is 50.8. The van der Waals surface area contributed by atoms with Gasteiger partial charge in [-0.1, -0.05) is 108 Å². The molecule has 0 aliphatic heterocycles. The normalized spacial score (nSPS) is 72.6. The Morgan fingerprint density at radius 2 is 0.505 bits per heavy atom. The zero-order valence-corrected chi connectivity index (χ0v) is 68.0. The van der Waals surface area contributed by atoms with Crippen LogP contribution in [0.4, 0.5) is 0 Å². The van der Waals surface area contributed by atoms with Gasteiger partial charge >= 0.3 is 0 Å². The van der Waals surface area contributed by atoms with E-state index in [1.807, 2.05) is 0 Å². The number of nitrogens with zero attached hydrogens (tertiary/aromatic N) is 3. The van der Waals surface area contributed by atoms with E-state index < -0.39 is 0 Å². The molecule has 542 valence electrons. The van der Waals surface area contributed by atoms with E-state index in [1.54, 1.807) is 141 Å². The van der Waals surface area contributed by atoms with Crippen LogP contribution in [-0.4, -0.2) is 24.1 Å². The largest absolute Gasteiger partial charge is 0.325 e. The fourth-order valence-corrected chi connectivity index (χ4v) is 49.9. The van der Waals surface area contributed by atoms with Crippen LogP contribution in [0.15, 0.2) is 5.11 Å². The van der Waals surface area contributed by atoms with Gasteiger partial charge in [-0.15, -0.1) is 0 Å². The van der Waals surface area contributed by atoms with Crippen LogP contribution in [-0.2, 0) is 0 Å². The van der Waals surface area contributed by atoms with Gasteiger partial charge in [0.2, 0.25) is 0 Å². The average Bonchev–Trinajstić information content (AvgIpc) is 0.668. The van der Waals surface area contributed by atoms with Gasteiger partial charge in [-0.05, 0) is 487 Å². The summed E-state index contributed by atoms with van der Waals surface area (Å²) in [6.07, 6.45) is 54.8. The van der Waals surface area contributed by atoms with Gasteiger partial charge in [0.1, 0.15) is 0 Å². The van der Waals surface area contributed by atoms with E-state index in [0.29, 0.717) is 40.0 Å². The number of hydrogen-bond acceptors (Lipinski definition) is 2. The maximum Gasteiger partial charge on any atom is 0.0499 e. The van der Waals surface area contributed by atoms with Crippen molar-refractivity contribution in [3.63, 3.8) is 0 Å². The number of azide groups is 1. The van der Waals surface area contributed by atoms with Gasteiger partial charge in [0.25, 0.3) is 0 Å². The molecule has 42 aliphatic carbocycles. The molecule has 42 saturated carbocycles. The summed E-state index contributed by atoms with van der Waals surface area (Å²) < 4.78 is 1.71. The summed E-state index contributed by atoms with van der Waals surface area (Å²) in [5, 5.41) is 4.35. The Morgan fingerprint density at radius 3 is 0.818 bits per heavy atom. The van der Waals surface area contributed by atoms with Gasteiger partial charge in [0.15, 0.2) is 0 Å². The highest BCUT2D eigenvalue weighted by Gasteiger charge is 2.80. The Balaban J connectivity index is 0.0000000706. The summed E-state index contributed by atoms with van der Waals surface area (Å²) >= 11 is 12.7. The van der Waals surface area contributed by atoms with Crippen molar-refractivity contribution >= 4 is 47.8 Å². The van der Waals surface area contributed by atoms with Crippen molar-refractivity contribution in [3.05, 3.63) is 10.4 Å². The second kappa shape index (κ2) is 19.2. The molecule has 20 atom stereocenters. The molecule has 99 heavy (non-hydrogen) atoms. The lowest BCUT2D eigenvalue weighted by Crippen LogP contribution is -2.76. The van der Waals surface area contributed by atoms with Crippen LogP contribution in [0.2, 0.25) is 0 Å². The van der Waals surface area contributed by atoms with E-state index in [-0.39, 0.29) is 11.1 Å². The van der Waals surface area contributed by atoms with Gasteiger partial charge < -0.3 is 5.73 Å². The summed E-state index contributed by atoms with van der Waals surface area (Å²) in [7, 11) is 0. The van der Waals surface area contributed by atoms with E-state index in [1.165, 1.54) is 137 Å². The third kappa shape index (κ3) is 7.46. The second-order valence-corrected chi connectivity index (χ2v) is 54.3. The number of rotatable bonds is 1. The lowest BCUT2D eigenvalue weighted by Gasteiger charge is -2.79. The van der Waals surface area contributed by atoms with Gasteiger partial charge in [0.05, 0.1) is 0 Å². The molecule has 0 aromatic rings. The molecule has 48 bridgehead atoms. The van der Waals surface area contributed by atoms with Crippen LogP contribution < -0.4 is 5.73 Å². The Hall–Kier alpha value is 0.710. The Labute approximate surface area is 625 Å². The first kappa shape index (κ1) is 63.5. The Kier molecular flexibility index (Phi) is 12.3. The molecule has 0 spiro atoms. The molecular formula is C92H133Br3N4. The number of nitrogens with two attached hydrogens (primary N) is 1. The fraction of sp³-hybridized carbons (Fsp3) is 1.00. The van der Waals surface area contributed by atoms with Crippen LogP contribution in [0.5, 0.6) is 0 Å². The number of halogens is 3. The minimum absolute atomic E-state index is 0.00444. The number of alkyl halides is 3. The van der Waals surface area contributed by atoms with Crippen molar-refractivity contribution in [3.8, 4) is 0 Å². The maximum atomic E-state index is 9.01. The van der Waals surface area contributed by atoms with Gasteiger partial charge in [-0.2, -0.15) is 0 Å². The predicted molar refractivity (Wildman–Crippen MR) is 407 cm³/mol. The zero-order valence-electron chi connectivity index (χ0n) is 63.2. The number of hydrogen-bond donors (Lipinski definition) is 1. The standard InChI is InChI=1S/C16H23Br.C16H23N3.C16H25N.C16H24.C14H18Br2.C14H20/c1-14-5-9-3-10-12(14)6-16(17)7-13(14)11(4-9)15(10,2)8-16;1-14-5-9-3-10-12(14)6-16(18-19-17)7-13(14)11(4-9)15(10,2)8-16;1-14-5-9-3-10-12(14)6-16(17)7-13(14)11(4-9)15(10,2)8-16;1-15-7-9-5-13-11(15)3-10-4-12(15)14(6-9)16(13,2)8-10;15-13-6-8-3-10-9(13)1-7-2-11(13)12(4-8)14(10,16)5-7;1-7-2-12-10-4-8-5-11(9(1)10)13(3-7)14(12)6-8/h9-13H,3-8H2,1-2H3;9-13H,3-8H2,1-2H3;9-13H,3-8,17H2,1-2H3;9-14H,3-8H2,1-2H3;7-12H,1-6H2;7-14H,1-6H2. The van der Waals surface area contributed by atoms with Crippen molar-refractivity contribution in [1.82, 2.24) is 0 Å². The van der Waals surface area contributed by atoms with Crippen LogP contribution in [0.1, 0.15) is 287 Å². The third-order valence-electron chi connectivity index (χ3n) is 46.9. The summed E-state index contributed by atoms with van der Waals surface area (Å²) in [4.78, 5) is 3.24. The second-order valence-electron chi connectivity index (χ2n) is 49.6. The highest BCUT2D eigenvalue weighted by molar-refractivity contribution is 9.10. The summed E-state index contributed by atoms with van der Waals surface area (Å²) in [5.74, 6) is 37.9. The monoisotopic (exact) mass is 1530 g/mol. The van der Waals surface area contributed by atoms with E-state index in [0.717, 1.165) is 176 Å². The van der Waals surface area contributed by atoms with E-state index in [9.17, 15) is 0 Å². The summed E-state index contributed by atoms with van der Waals surface area (Å²) in [6.45, 7) is 21.1. The molecule has 20 unspecified atom stereocenters. The van der Waals surface area contributed by atoms with Crippen LogP contribution >= 0.6 is 47.8 Å². The van der Waals surface area contributed by atoms with Gasteiger partial charge in [-0.3, -0.25) is 0 Å². The lowest BCUT2D eigenvalue weighted by molar-refractivity contribution is -0.291. The first-order valence-electron chi connectivity index (χ1n) is 44.9. The van der Waals surface area contributed by atoms with Crippen LogP contribution in [0.25, 0.3) is 10.4 Å². The highest BCUT2D eigenvalue weighted by Crippen LogP contribution is 2.86. The molecule has 4 nitrogen and oxygen atoms in total. The average molecular weight is 1530 g/mol. The minimum Gasteiger partial charge on any atom is -0.325 e. The molecule has 0 radical (unpaired) electrons. The highest BCUT2D eigenvalue weighted by atomic mass is 79.9. The van der Waals surface area contributed by atoms with E-state index in [4.69, 9.17) is 11.3 Å². The molecular weight excluding hydrogens is 1400 g/mol. The summed E-state index contributed by atoms with van der Waals surface area (Å²) in [6, 6.07) is 0. The van der Waals surface area contributed by atoms with Crippen LogP contribution in [0, 0.1) is 250 Å². The molecule has 0 amide bonds. The predicted octanol–water partition coefficient (Wildman–Crippen LogP) is 24.1. The molecule has 0 heterocycles. The van der Waals surface area contributed by atoms with Crippen molar-refractivity contribution in [2.75, 3.05) is 0 Å². The van der Waals surface area contributed by atoms with Crippen molar-refractivity contribution < 1.29 is 0 Å². The molecule has 0 aromatic carbocycles. The smallest absolute Gasteiger partial charge is 0.0499 e. The van der Waals surface area contributed by atoms with Crippen LogP contribution in [0.3, 0.4) is 0 Å². The molecule has 42 aliphatic rings. The summed E-state index contributed by atoms with van der Waals surface area (Å²) in [5.41, 5.74) is 21.5. The minimum atomic E-state index is -0.00444. The first-order valence-corrected chi connectivity index (χ1v) is 47.3. The zero-order chi connectivity index (χ0) is 66.6. The molecule has 0 saturated heterocycles. The lowest BCUT2D eigenvalue weighted by atomic mass is 9.26. The molecule has 42 rings (SSSR count). The van der Waals surface area contributed by atoms with Crippen molar-refractivity contribution in [2.45, 2.75) is 311 Å². The Bertz CT molecular complexity index is 3130. The maximum absolute atomic E-state index is 9.01. The molecule has 42 fully saturated rings. The SMILES string of the molecule is BrC12CC3CC4C1CC1CC2C(C3)C4(Br)C1.C1C2CC3C4CC5CC(C14)C(C2)C3C5.CC12CC3CC4C1CC1(Br)CC2C(C3)C4(C)C1.CC12CC3CC4C1CC1(N)CC2C(C3)C4(C)C1.CC12CC3CC4C1CC1(N=[N+]=[N-])CC2C(C3)C4(C)C1.CC12CC3CC4C1CC1CC2C(C3)C4(C)C1. The van der Waals surface area contributed by atoms with Crippen molar-refractivity contribution in [1.29, 1.82) is 0 Å². The molecule has 0 aromatic heterocycles.